The van der Waals surface area contributed by atoms with Gasteiger partial charge in [-0.3, -0.25) is 4.89 Å². The van der Waals surface area contributed by atoms with Crippen molar-refractivity contribution in [3.63, 3.8) is 0 Å². The first-order chi connectivity index (χ1) is 20.1. The summed E-state index contributed by atoms with van der Waals surface area (Å²) in [6.07, 6.45) is 2.42. The van der Waals surface area contributed by atoms with Crippen molar-refractivity contribution in [3.8, 4) is 45.3 Å². The molecule has 0 atom stereocenters. The zero-order chi connectivity index (χ0) is 29.6. The van der Waals surface area contributed by atoms with E-state index in [0.717, 1.165) is 35.4 Å². The van der Waals surface area contributed by atoms with E-state index >= 15 is 0 Å². The molecule has 0 saturated heterocycles. The Morgan fingerprint density at radius 2 is 1.10 bits per heavy atom. The first-order valence-corrected chi connectivity index (χ1v) is 14.7. The highest BCUT2D eigenvalue weighted by Gasteiger charge is 2.52. The maximum absolute atomic E-state index is 14.5. The van der Waals surface area contributed by atoms with E-state index in [0.29, 0.717) is 36.8 Å². The molecular weight excluding hydrogens is 575 g/mol. The van der Waals surface area contributed by atoms with Gasteiger partial charge in [-0.15, -0.1) is 0 Å². The third-order valence-electron chi connectivity index (χ3n) is 8.57. The summed E-state index contributed by atoms with van der Waals surface area (Å²) in [5.74, 6) is -4.40. The highest BCUT2D eigenvalue weighted by molar-refractivity contribution is 7.48. The lowest BCUT2D eigenvalue weighted by Crippen LogP contribution is -2.25. The molecule has 6 nitrogen and oxygen atoms in total. The van der Waals surface area contributed by atoms with Crippen molar-refractivity contribution in [1.82, 2.24) is 0 Å². The van der Waals surface area contributed by atoms with Gasteiger partial charge in [0, 0.05) is 50.9 Å². The number of aryl methyl sites for hydroxylation is 2. The Hall–Kier alpha value is -4.01. The van der Waals surface area contributed by atoms with E-state index in [1.54, 1.807) is 12.1 Å². The fraction of sp³-hybridized carbons (Fsp3) is 0.226. The predicted octanol–water partition coefficient (Wildman–Crippen LogP) is 7.64. The number of phosphoric ester groups is 1. The molecule has 0 bridgehead atoms. The quantitative estimate of drug-likeness (QED) is 0.192. The summed E-state index contributed by atoms with van der Waals surface area (Å²) < 4.78 is 93.2. The molecule has 0 radical (unpaired) electrons. The molecule has 1 aliphatic heterocycles. The molecule has 0 unspecified atom stereocenters. The Morgan fingerprint density at radius 1 is 0.690 bits per heavy atom. The summed E-state index contributed by atoms with van der Waals surface area (Å²) >= 11 is 0. The number of halogens is 4. The fourth-order valence-corrected chi connectivity index (χ4v) is 7.72. The lowest BCUT2D eigenvalue weighted by Gasteiger charge is -2.34. The van der Waals surface area contributed by atoms with Crippen molar-refractivity contribution in [1.29, 1.82) is 0 Å². The minimum Gasteiger partial charge on any atom is -0.496 e. The SMILES string of the molecule is COc1cc(F)c(F)cc1-c1ccc2c3c1OP(=O)(O)Oc1c(-c4cc(F)c(F)cc4OC)ccc4c1C3(CC2)CC4. The highest BCUT2D eigenvalue weighted by atomic mass is 31.2. The summed E-state index contributed by atoms with van der Waals surface area (Å²) in [5, 5.41) is 0. The number of methoxy groups -OCH3 is 2. The maximum Gasteiger partial charge on any atom is 0.584 e. The van der Waals surface area contributed by atoms with Crippen molar-refractivity contribution in [2.45, 2.75) is 31.1 Å². The van der Waals surface area contributed by atoms with E-state index in [-0.39, 0.29) is 45.3 Å². The molecular formula is C31H23F4O6P. The van der Waals surface area contributed by atoms with Gasteiger partial charge in [0.05, 0.1) is 14.2 Å². The van der Waals surface area contributed by atoms with Gasteiger partial charge in [0.15, 0.2) is 23.3 Å². The Balaban J connectivity index is 1.54. The molecule has 4 aromatic rings. The summed E-state index contributed by atoms with van der Waals surface area (Å²) in [5.41, 5.74) is 3.04. The van der Waals surface area contributed by atoms with Gasteiger partial charge in [0.25, 0.3) is 0 Å². The molecule has 1 N–H and O–H groups in total. The van der Waals surface area contributed by atoms with Gasteiger partial charge in [-0.05, 0) is 48.9 Å². The molecule has 11 heteroatoms. The van der Waals surface area contributed by atoms with Crippen LogP contribution < -0.4 is 18.5 Å². The van der Waals surface area contributed by atoms with Gasteiger partial charge in [0.2, 0.25) is 0 Å². The summed E-state index contributed by atoms with van der Waals surface area (Å²) in [7, 11) is -2.35. The van der Waals surface area contributed by atoms with Crippen molar-refractivity contribution >= 4 is 7.82 Å². The van der Waals surface area contributed by atoms with Crippen molar-refractivity contribution < 1.29 is 45.5 Å². The van der Waals surface area contributed by atoms with Gasteiger partial charge in [0.1, 0.15) is 23.0 Å². The molecule has 0 amide bonds. The predicted molar refractivity (Wildman–Crippen MR) is 145 cm³/mol. The van der Waals surface area contributed by atoms with Crippen LogP contribution in [0.3, 0.4) is 0 Å². The second kappa shape index (κ2) is 9.24. The highest BCUT2D eigenvalue weighted by Crippen LogP contribution is 2.65. The minimum atomic E-state index is -4.96. The molecule has 0 aromatic heterocycles. The van der Waals surface area contributed by atoms with Crippen molar-refractivity contribution in [2.75, 3.05) is 14.2 Å². The van der Waals surface area contributed by atoms with Crippen LogP contribution in [0, 0.1) is 23.3 Å². The van der Waals surface area contributed by atoms with Crippen LogP contribution in [0.2, 0.25) is 0 Å². The first-order valence-electron chi connectivity index (χ1n) is 13.2. The average molecular weight is 598 g/mol. The first kappa shape index (κ1) is 26.9. The van der Waals surface area contributed by atoms with Gasteiger partial charge in [-0.25, -0.2) is 22.1 Å². The summed E-state index contributed by atoms with van der Waals surface area (Å²) in [6.45, 7) is 0. The molecule has 1 spiro atoms. The zero-order valence-electron chi connectivity index (χ0n) is 22.4. The summed E-state index contributed by atoms with van der Waals surface area (Å²) in [4.78, 5) is 11.1. The zero-order valence-corrected chi connectivity index (χ0v) is 23.3. The van der Waals surface area contributed by atoms with E-state index in [4.69, 9.17) is 18.5 Å². The van der Waals surface area contributed by atoms with Crippen LogP contribution in [0.4, 0.5) is 17.6 Å². The fourth-order valence-electron chi connectivity index (χ4n) is 6.84. The number of hydrogen-bond acceptors (Lipinski definition) is 5. The molecule has 0 saturated carbocycles. The Morgan fingerprint density at radius 3 is 1.50 bits per heavy atom. The molecule has 216 valence electrons. The Kier molecular flexibility index (Phi) is 5.91. The number of hydrogen-bond donors (Lipinski definition) is 1. The largest absolute Gasteiger partial charge is 0.584 e. The van der Waals surface area contributed by atoms with E-state index in [1.807, 2.05) is 12.1 Å². The number of phosphoric acid groups is 1. The van der Waals surface area contributed by atoms with Crippen LogP contribution in [0.1, 0.15) is 35.1 Å². The minimum absolute atomic E-state index is 0.0109. The smallest absolute Gasteiger partial charge is 0.496 e. The number of rotatable bonds is 4. The molecule has 1 heterocycles. The van der Waals surface area contributed by atoms with E-state index < -0.39 is 36.5 Å². The average Bonchev–Trinajstić information content (AvgIpc) is 3.52. The second-order valence-electron chi connectivity index (χ2n) is 10.6. The van der Waals surface area contributed by atoms with Crippen LogP contribution in [-0.2, 0) is 22.8 Å². The van der Waals surface area contributed by atoms with Crippen LogP contribution in [0.25, 0.3) is 22.3 Å². The van der Waals surface area contributed by atoms with Gasteiger partial charge >= 0.3 is 7.82 Å². The van der Waals surface area contributed by atoms with E-state index in [9.17, 15) is 27.0 Å². The standard InChI is InChI=1S/C31H23F4O6P/c1-38-25-13-23(34)21(32)11-19(25)17-5-3-15-7-9-31-10-8-16-4-6-18(20-12-22(33)24(35)14-26(20)39-2)30(28(16)31)41-42(36,37)40-29(17)27(15)31/h3-6,11-14H,7-10H2,1-2H3,(H,36,37). The Bertz CT molecular complexity index is 1740. The lowest BCUT2D eigenvalue weighted by molar-refractivity contribution is 0.281. The van der Waals surface area contributed by atoms with E-state index in [2.05, 4.69) is 0 Å². The Labute approximate surface area is 238 Å². The van der Waals surface area contributed by atoms with Crippen LogP contribution in [0.5, 0.6) is 23.0 Å². The van der Waals surface area contributed by atoms with Crippen LogP contribution in [0.15, 0.2) is 48.5 Å². The van der Waals surface area contributed by atoms with Gasteiger partial charge in [-0.1, -0.05) is 24.3 Å². The molecule has 2 aliphatic carbocycles. The third-order valence-corrected chi connectivity index (χ3v) is 9.39. The second-order valence-corrected chi connectivity index (χ2v) is 11.9. The van der Waals surface area contributed by atoms with Crippen molar-refractivity contribution in [3.05, 3.63) is 94.1 Å². The molecule has 0 fully saturated rings. The van der Waals surface area contributed by atoms with Gasteiger partial charge in [-0.2, -0.15) is 0 Å². The van der Waals surface area contributed by atoms with Crippen molar-refractivity contribution in [2.24, 2.45) is 0 Å². The molecule has 4 aromatic carbocycles. The molecule has 42 heavy (non-hydrogen) atoms. The number of ether oxygens (including phenoxy) is 2. The molecule has 7 rings (SSSR count). The normalized spacial score (nSPS) is 16.9. The van der Waals surface area contributed by atoms with Crippen LogP contribution >= 0.6 is 7.82 Å². The molecule has 3 aliphatic rings. The number of benzene rings is 4. The van der Waals surface area contributed by atoms with E-state index in [1.165, 1.54) is 14.2 Å². The summed E-state index contributed by atoms with van der Waals surface area (Å²) in [6, 6.07) is 10.7. The third kappa shape index (κ3) is 3.78. The lowest BCUT2D eigenvalue weighted by atomic mass is 9.74. The monoisotopic (exact) mass is 598 g/mol. The van der Waals surface area contributed by atoms with Gasteiger partial charge < -0.3 is 18.5 Å². The van der Waals surface area contributed by atoms with Crippen LogP contribution in [-0.4, -0.2) is 19.1 Å². The maximum atomic E-state index is 14.5. The topological polar surface area (TPSA) is 74.2 Å².